The first kappa shape index (κ1) is 24.4. The fourth-order valence-electron chi connectivity index (χ4n) is 4.23. The highest BCUT2D eigenvalue weighted by Crippen LogP contribution is 2.37. The van der Waals surface area contributed by atoms with E-state index in [4.69, 9.17) is 9.47 Å². The van der Waals surface area contributed by atoms with Gasteiger partial charge in [0.2, 0.25) is 0 Å². The van der Waals surface area contributed by atoms with Gasteiger partial charge in [-0.3, -0.25) is 9.59 Å². The van der Waals surface area contributed by atoms with E-state index in [1.54, 1.807) is 39.0 Å². The molecule has 1 N–H and O–H groups in total. The van der Waals surface area contributed by atoms with Gasteiger partial charge < -0.3 is 14.8 Å². The second-order valence-corrected chi connectivity index (χ2v) is 9.70. The van der Waals surface area contributed by atoms with Crippen molar-refractivity contribution in [2.45, 2.75) is 39.3 Å². The van der Waals surface area contributed by atoms with Crippen molar-refractivity contribution < 1.29 is 32.6 Å². The molecule has 0 fully saturated rings. The van der Waals surface area contributed by atoms with Gasteiger partial charge in [-0.15, -0.1) is 0 Å². The molecule has 1 aromatic heterocycles. The summed E-state index contributed by atoms with van der Waals surface area (Å²) in [5.74, 6) is -1.98. The maximum Gasteiger partial charge on any atom is 0.417 e. The van der Waals surface area contributed by atoms with E-state index in [0.717, 1.165) is 17.0 Å². The number of hydrogen-bond acceptors (Lipinski definition) is 7. The number of fused-ring (bicyclic) bond motifs is 2. The molecule has 190 valence electrons. The lowest BCUT2D eigenvalue weighted by molar-refractivity contribution is 0.0247. The lowest BCUT2D eigenvalue weighted by Gasteiger charge is -2.23. The summed E-state index contributed by atoms with van der Waals surface area (Å²) in [7, 11) is 0. The van der Waals surface area contributed by atoms with E-state index < -0.39 is 29.2 Å². The number of carbonyl (C=O) groups excluding carboxylic acids is 3. The smallest absolute Gasteiger partial charge is 0.417 e. The molecule has 3 aromatic rings. The number of rotatable bonds is 3. The van der Waals surface area contributed by atoms with Gasteiger partial charge in [0.05, 0.1) is 46.9 Å². The van der Waals surface area contributed by atoms with Gasteiger partial charge in [0.15, 0.2) is 5.78 Å². The largest absolute Gasteiger partial charge is 0.492 e. The summed E-state index contributed by atoms with van der Waals surface area (Å²) in [4.78, 5) is 43.4. The molecule has 0 bridgehead atoms. The molecule has 2 amide bonds. The van der Waals surface area contributed by atoms with Crippen molar-refractivity contribution in [2.24, 2.45) is 0 Å². The predicted molar refractivity (Wildman–Crippen MR) is 130 cm³/mol. The summed E-state index contributed by atoms with van der Waals surface area (Å²) < 4.78 is 40.2. The van der Waals surface area contributed by atoms with E-state index in [1.165, 1.54) is 12.1 Å². The number of carbonyl (C=O) groups is 3. The van der Waals surface area contributed by atoms with Gasteiger partial charge in [0, 0.05) is 18.2 Å². The van der Waals surface area contributed by atoms with E-state index in [9.17, 15) is 23.2 Å². The molecule has 8 nitrogen and oxygen atoms in total. The van der Waals surface area contributed by atoms with E-state index in [0.29, 0.717) is 17.0 Å². The number of benzene rings is 2. The maximum atomic E-state index is 14.6. The van der Waals surface area contributed by atoms with Crippen LogP contribution in [0.25, 0.3) is 11.3 Å². The molecule has 0 spiro atoms. The van der Waals surface area contributed by atoms with Gasteiger partial charge in [-0.2, -0.15) is 0 Å². The highest BCUT2D eigenvalue weighted by Gasteiger charge is 2.38. The third kappa shape index (κ3) is 4.62. The summed E-state index contributed by atoms with van der Waals surface area (Å²) in [6, 6.07) is 9.64. The minimum absolute atomic E-state index is 0.0434. The number of nitrogens with one attached hydrogen (secondary N) is 1. The average Bonchev–Trinajstić information content (AvgIpc) is 3.15. The lowest BCUT2D eigenvalue weighted by atomic mass is 10.0. The Bertz CT molecular complexity index is 1440. The molecule has 10 heteroatoms. The first-order valence-electron chi connectivity index (χ1n) is 11.6. The minimum atomic E-state index is -0.860. The lowest BCUT2D eigenvalue weighted by Crippen LogP contribution is -2.37. The Kier molecular flexibility index (Phi) is 5.89. The molecule has 0 saturated carbocycles. The SMILES string of the molecule is CC(C)(C)OC(=O)N1Cc2nc(-c3c(F)cccc3F)cc(Nc3ccc4c(c3)OCCC4=O)c2C1=O. The monoisotopic (exact) mass is 507 g/mol. The predicted octanol–water partition coefficient (Wildman–Crippen LogP) is 5.63. The number of halogens is 2. The average molecular weight is 507 g/mol. The van der Waals surface area contributed by atoms with Crippen LogP contribution in [0, 0.1) is 11.6 Å². The first-order chi connectivity index (χ1) is 17.5. The quantitative estimate of drug-likeness (QED) is 0.491. The fourth-order valence-corrected chi connectivity index (χ4v) is 4.23. The zero-order valence-electron chi connectivity index (χ0n) is 20.4. The van der Waals surface area contributed by atoms with Crippen molar-refractivity contribution in [1.82, 2.24) is 9.88 Å². The zero-order valence-corrected chi connectivity index (χ0v) is 20.4. The molecule has 37 heavy (non-hydrogen) atoms. The topological polar surface area (TPSA) is 97.8 Å². The van der Waals surface area contributed by atoms with Gasteiger partial charge in [-0.1, -0.05) is 6.07 Å². The molecule has 3 heterocycles. The van der Waals surface area contributed by atoms with Crippen LogP contribution in [0.2, 0.25) is 0 Å². The van der Waals surface area contributed by atoms with Gasteiger partial charge in [0.25, 0.3) is 5.91 Å². The van der Waals surface area contributed by atoms with Crippen LogP contribution >= 0.6 is 0 Å². The fraction of sp³-hybridized carbons (Fsp3) is 0.259. The molecule has 0 aliphatic carbocycles. The molecular formula is C27H23F2N3O5. The van der Waals surface area contributed by atoms with Crippen molar-refractivity contribution in [3.8, 4) is 17.0 Å². The Hall–Kier alpha value is -4.34. The molecule has 2 aromatic carbocycles. The molecule has 0 unspecified atom stereocenters. The van der Waals surface area contributed by atoms with Crippen molar-refractivity contribution in [3.63, 3.8) is 0 Å². The number of Topliss-reactive ketones (excluding diaryl/α,β-unsaturated/α-hetero) is 1. The van der Waals surface area contributed by atoms with Crippen LogP contribution in [-0.2, 0) is 11.3 Å². The van der Waals surface area contributed by atoms with Gasteiger partial charge >= 0.3 is 6.09 Å². The van der Waals surface area contributed by atoms with E-state index in [2.05, 4.69) is 10.3 Å². The second-order valence-electron chi connectivity index (χ2n) is 9.70. The summed E-state index contributed by atoms with van der Waals surface area (Å²) in [5, 5.41) is 3.08. The number of nitrogens with zero attached hydrogens (tertiary/aromatic N) is 2. The number of imide groups is 1. The molecule has 0 radical (unpaired) electrons. The molecule has 0 atom stereocenters. The maximum absolute atomic E-state index is 14.6. The van der Waals surface area contributed by atoms with Crippen molar-refractivity contribution >= 4 is 29.2 Å². The number of ether oxygens (including phenoxy) is 2. The highest BCUT2D eigenvalue weighted by atomic mass is 19.1. The van der Waals surface area contributed by atoms with Crippen LogP contribution in [0.3, 0.4) is 0 Å². The van der Waals surface area contributed by atoms with Crippen molar-refractivity contribution in [1.29, 1.82) is 0 Å². The van der Waals surface area contributed by atoms with E-state index in [1.807, 2.05) is 0 Å². The third-order valence-corrected chi connectivity index (χ3v) is 5.84. The standard InChI is InChI=1S/C27H23F2N3O5/c1-27(2,3)37-26(35)32-13-20-24(25(32)34)19(12-18(31-20)23-16(28)5-4-6-17(23)29)30-14-7-8-15-21(33)9-10-36-22(15)11-14/h4-8,11-12H,9-10,13H2,1-3H3,(H,30,31). The minimum Gasteiger partial charge on any atom is -0.492 e. The summed E-state index contributed by atoms with van der Waals surface area (Å²) in [6.45, 7) is 5.03. The normalized spacial score (nSPS) is 14.7. The van der Waals surface area contributed by atoms with Gasteiger partial charge in [-0.05, 0) is 51.1 Å². The van der Waals surface area contributed by atoms with Crippen LogP contribution in [0.1, 0.15) is 53.6 Å². The van der Waals surface area contributed by atoms with Crippen molar-refractivity contribution in [3.05, 3.63) is 70.9 Å². The zero-order chi connectivity index (χ0) is 26.5. The van der Waals surface area contributed by atoms with Crippen LogP contribution in [0.15, 0.2) is 42.5 Å². The number of hydrogen-bond donors (Lipinski definition) is 1. The van der Waals surface area contributed by atoms with Gasteiger partial charge in [-0.25, -0.2) is 23.5 Å². The summed E-state index contributed by atoms with van der Waals surface area (Å²) in [5.41, 5.74) is 0.0481. The molecule has 2 aliphatic heterocycles. The number of aromatic nitrogens is 1. The second kappa shape index (κ2) is 8.95. The number of anilines is 2. The van der Waals surface area contributed by atoms with Gasteiger partial charge in [0.1, 0.15) is 23.0 Å². The van der Waals surface area contributed by atoms with Crippen molar-refractivity contribution in [2.75, 3.05) is 11.9 Å². The van der Waals surface area contributed by atoms with Crippen LogP contribution in [0.4, 0.5) is 25.0 Å². The van der Waals surface area contributed by atoms with E-state index >= 15 is 0 Å². The Morgan fingerprint density at radius 3 is 2.51 bits per heavy atom. The molecular weight excluding hydrogens is 484 g/mol. The number of ketones is 1. The Morgan fingerprint density at radius 1 is 1.08 bits per heavy atom. The van der Waals surface area contributed by atoms with Crippen LogP contribution < -0.4 is 10.1 Å². The summed E-state index contributed by atoms with van der Waals surface area (Å²) >= 11 is 0. The molecule has 2 aliphatic rings. The molecule has 5 rings (SSSR count). The highest BCUT2D eigenvalue weighted by molar-refractivity contribution is 6.10. The van der Waals surface area contributed by atoms with Crippen LogP contribution in [0.5, 0.6) is 5.75 Å². The summed E-state index contributed by atoms with van der Waals surface area (Å²) in [6.07, 6.45) is -0.578. The number of amides is 2. The van der Waals surface area contributed by atoms with E-state index in [-0.39, 0.29) is 53.6 Å². The Labute approximate surface area is 211 Å². The Balaban J connectivity index is 1.60. The first-order valence-corrected chi connectivity index (χ1v) is 11.6. The third-order valence-electron chi connectivity index (χ3n) is 5.84. The number of pyridine rings is 1. The molecule has 0 saturated heterocycles. The Morgan fingerprint density at radius 2 is 1.81 bits per heavy atom. The van der Waals surface area contributed by atoms with Crippen LogP contribution in [-0.4, -0.2) is 39.9 Å².